The number of carbonyl (C=O) groups excluding carboxylic acids is 1. The third-order valence-electron chi connectivity index (χ3n) is 11.6. The molecule has 0 aliphatic carbocycles. The van der Waals surface area contributed by atoms with Crippen molar-refractivity contribution in [3.63, 3.8) is 0 Å². The second kappa shape index (κ2) is 18.4. The number of aromatic amines is 2. The minimum atomic E-state index is -0.116. The van der Waals surface area contributed by atoms with Crippen LogP contribution < -0.4 is 0 Å². The van der Waals surface area contributed by atoms with Gasteiger partial charge < -0.3 is 14.7 Å². The molecule has 3 aromatic heterocycles. The zero-order valence-electron chi connectivity index (χ0n) is 34.7. The third kappa shape index (κ3) is 7.84. The number of hydrogen-bond acceptors (Lipinski definition) is 4. The highest BCUT2D eigenvalue weighted by atomic mass is 16.5. The number of fused-ring (bicyclic) bond motifs is 8. The maximum atomic E-state index is 12.3. The number of aromatic nitrogens is 4. The van der Waals surface area contributed by atoms with E-state index in [0.29, 0.717) is 13.0 Å². The van der Waals surface area contributed by atoms with Crippen molar-refractivity contribution in [3.05, 3.63) is 68.3 Å². The molecule has 0 unspecified atom stereocenters. The van der Waals surface area contributed by atoms with Crippen LogP contribution in [0.15, 0.2) is 12.1 Å². The summed E-state index contributed by atoms with van der Waals surface area (Å²) in [6, 6.07) is 4.72. The zero-order chi connectivity index (χ0) is 38.2. The molecule has 6 heteroatoms. The van der Waals surface area contributed by atoms with Crippen molar-refractivity contribution < 1.29 is 9.53 Å². The van der Waals surface area contributed by atoms with Gasteiger partial charge in [-0.1, -0.05) is 68.7 Å². The summed E-state index contributed by atoms with van der Waals surface area (Å²) in [7, 11) is 0. The molecule has 2 aliphatic heterocycles. The minimum absolute atomic E-state index is 0.116. The lowest BCUT2D eigenvalue weighted by molar-refractivity contribution is -0.143. The van der Waals surface area contributed by atoms with Gasteiger partial charge in [0.1, 0.15) is 0 Å². The summed E-state index contributed by atoms with van der Waals surface area (Å²) >= 11 is 0. The summed E-state index contributed by atoms with van der Waals surface area (Å²) in [4.78, 5) is 31.6. The first-order valence-electron chi connectivity index (χ1n) is 21.2. The first-order valence-corrected chi connectivity index (χ1v) is 21.2. The quantitative estimate of drug-likeness (QED) is 0.107. The number of carbonyl (C=O) groups is 1. The van der Waals surface area contributed by atoms with Crippen LogP contribution in [0.5, 0.6) is 0 Å². The van der Waals surface area contributed by atoms with Gasteiger partial charge in [-0.2, -0.15) is 0 Å². The predicted octanol–water partition coefficient (Wildman–Crippen LogP) is 12.6. The van der Waals surface area contributed by atoms with Crippen LogP contribution in [-0.4, -0.2) is 32.5 Å². The molecule has 0 radical (unpaired) electrons. The van der Waals surface area contributed by atoms with Gasteiger partial charge in [0, 0.05) is 34.1 Å². The fraction of sp³-hybridized carbons (Fsp3) is 0.553. The van der Waals surface area contributed by atoms with Crippen LogP contribution in [0.2, 0.25) is 0 Å². The van der Waals surface area contributed by atoms with Gasteiger partial charge in [-0.05, 0) is 153 Å². The average Bonchev–Trinajstić information content (AvgIpc) is 3.90. The molecule has 0 saturated carbocycles. The topological polar surface area (TPSA) is 83.7 Å². The number of esters is 1. The molecule has 2 N–H and O–H groups in total. The SMILES string of the molecule is CCCCc1c2[nH]c(cc3nc(c(CCCCC(=O)OCC)c4nc(cc5[nH]c1c(CC)c5CC)C(CC)=C4CC)C(CC)=C3CC)c(CC)c2CC. The van der Waals surface area contributed by atoms with E-state index >= 15 is 0 Å². The van der Waals surface area contributed by atoms with E-state index in [1.165, 1.54) is 77.7 Å². The van der Waals surface area contributed by atoms with Gasteiger partial charge in [0.15, 0.2) is 0 Å². The molecule has 6 nitrogen and oxygen atoms in total. The summed E-state index contributed by atoms with van der Waals surface area (Å²) in [5.74, 6) is -0.116. The molecular weight excluding hydrogens is 653 g/mol. The highest BCUT2D eigenvalue weighted by Gasteiger charge is 2.27. The molecule has 0 amide bonds. The maximum Gasteiger partial charge on any atom is 0.305 e. The van der Waals surface area contributed by atoms with Gasteiger partial charge in [-0.25, -0.2) is 9.97 Å². The number of hydrogen-bond donors (Lipinski definition) is 2. The Kier molecular flexibility index (Phi) is 14.0. The molecule has 0 atom stereocenters. The molecule has 53 heavy (non-hydrogen) atoms. The van der Waals surface area contributed by atoms with E-state index in [-0.39, 0.29) is 5.97 Å². The summed E-state index contributed by atoms with van der Waals surface area (Å²) < 4.78 is 5.28. The second-order valence-corrected chi connectivity index (χ2v) is 14.5. The fourth-order valence-corrected chi connectivity index (χ4v) is 9.10. The van der Waals surface area contributed by atoms with E-state index in [0.717, 1.165) is 113 Å². The molecule has 5 rings (SSSR count). The van der Waals surface area contributed by atoms with Crippen molar-refractivity contribution in [3.8, 4) is 0 Å². The first kappa shape index (κ1) is 40.3. The largest absolute Gasteiger partial charge is 0.466 e. The zero-order valence-corrected chi connectivity index (χ0v) is 34.7. The van der Waals surface area contributed by atoms with Gasteiger partial charge in [0.05, 0.1) is 29.4 Å². The standard InChI is InChI=1S/C47H66N4O2/c1-11-21-24-37-44-33(16-6)29(12-2)39(48-44)27-41-31(14-4)35(18-8)46(50-41)38(25-22-23-26-43(52)53-20-10)47-36(19-9)32(15-5)42(51-47)28-40-30(13-3)34(17-7)45(37)49-40/h27-28,48-49H,11-26H2,1-10H3. The molecule has 286 valence electrons. The Balaban J connectivity index is 2.02. The molecule has 0 spiro atoms. The molecule has 0 fully saturated rings. The number of ether oxygens (including phenoxy) is 1. The maximum absolute atomic E-state index is 12.3. The van der Waals surface area contributed by atoms with Crippen LogP contribution in [-0.2, 0) is 48.1 Å². The number of unbranched alkanes of at least 4 members (excludes halogenated alkanes) is 2. The van der Waals surface area contributed by atoms with Crippen molar-refractivity contribution in [2.24, 2.45) is 0 Å². The highest BCUT2D eigenvalue weighted by Crippen LogP contribution is 2.42. The van der Waals surface area contributed by atoms with Crippen LogP contribution in [0.3, 0.4) is 0 Å². The Labute approximate surface area is 319 Å². The monoisotopic (exact) mass is 719 g/mol. The van der Waals surface area contributed by atoms with Crippen LogP contribution in [0.1, 0.15) is 183 Å². The normalized spacial score (nSPS) is 13.1. The van der Waals surface area contributed by atoms with E-state index < -0.39 is 0 Å². The fourth-order valence-electron chi connectivity index (χ4n) is 9.10. The first-order chi connectivity index (χ1) is 25.8. The Morgan fingerprint density at radius 2 is 0.981 bits per heavy atom. The Hall–Kier alpha value is -3.93. The molecular formula is C47H66N4O2. The van der Waals surface area contributed by atoms with E-state index in [4.69, 9.17) is 14.7 Å². The predicted molar refractivity (Wildman–Crippen MR) is 226 cm³/mol. The number of nitrogens with zero attached hydrogens (tertiary/aromatic N) is 2. The molecule has 5 heterocycles. The van der Waals surface area contributed by atoms with Gasteiger partial charge in [-0.3, -0.25) is 4.79 Å². The van der Waals surface area contributed by atoms with Crippen LogP contribution in [0.4, 0.5) is 0 Å². The van der Waals surface area contributed by atoms with Crippen molar-refractivity contribution in [1.29, 1.82) is 0 Å². The van der Waals surface area contributed by atoms with E-state index in [2.05, 4.69) is 84.4 Å². The van der Waals surface area contributed by atoms with E-state index in [1.807, 2.05) is 6.92 Å². The van der Waals surface area contributed by atoms with Crippen LogP contribution in [0.25, 0.3) is 44.4 Å². The number of nitrogens with one attached hydrogen (secondary N) is 2. The van der Waals surface area contributed by atoms with Gasteiger partial charge >= 0.3 is 5.97 Å². The number of allylic oxidation sites excluding steroid dienone is 4. The Bertz CT molecular complexity index is 1910. The van der Waals surface area contributed by atoms with E-state index in [1.54, 1.807) is 0 Å². The lowest BCUT2D eigenvalue weighted by Gasteiger charge is -2.12. The smallest absolute Gasteiger partial charge is 0.305 e. The van der Waals surface area contributed by atoms with Crippen molar-refractivity contribution >= 4 is 50.3 Å². The van der Waals surface area contributed by atoms with Crippen molar-refractivity contribution in [1.82, 2.24) is 19.9 Å². The molecule has 8 bridgehead atoms. The number of rotatable bonds is 17. The lowest BCUT2D eigenvalue weighted by atomic mass is 9.91. The summed E-state index contributed by atoms with van der Waals surface area (Å²) in [6.07, 6.45) is 13.7. The molecule has 0 saturated heterocycles. The number of H-pyrrole nitrogens is 2. The van der Waals surface area contributed by atoms with Crippen molar-refractivity contribution in [2.75, 3.05) is 6.61 Å². The van der Waals surface area contributed by atoms with Gasteiger partial charge in [0.25, 0.3) is 0 Å². The second-order valence-electron chi connectivity index (χ2n) is 14.5. The summed E-state index contributed by atoms with van der Waals surface area (Å²) in [5.41, 5.74) is 23.0. The molecule has 3 aromatic rings. The highest BCUT2D eigenvalue weighted by molar-refractivity contribution is 5.98. The molecule has 2 aliphatic rings. The molecule has 0 aromatic carbocycles. The number of aryl methyl sites for hydroxylation is 5. The van der Waals surface area contributed by atoms with Crippen LogP contribution >= 0.6 is 0 Å². The van der Waals surface area contributed by atoms with Gasteiger partial charge in [0.2, 0.25) is 0 Å². The summed E-state index contributed by atoms with van der Waals surface area (Å²) in [6.45, 7) is 22.9. The third-order valence-corrected chi connectivity index (χ3v) is 11.6. The van der Waals surface area contributed by atoms with Crippen LogP contribution in [0, 0.1) is 0 Å². The van der Waals surface area contributed by atoms with Crippen molar-refractivity contribution in [2.45, 2.75) is 166 Å². The summed E-state index contributed by atoms with van der Waals surface area (Å²) in [5, 5.41) is 0. The average molecular weight is 719 g/mol. The van der Waals surface area contributed by atoms with E-state index in [9.17, 15) is 4.79 Å². The Morgan fingerprint density at radius 3 is 1.38 bits per heavy atom. The minimum Gasteiger partial charge on any atom is -0.466 e. The Morgan fingerprint density at radius 1 is 0.528 bits per heavy atom. The lowest BCUT2D eigenvalue weighted by Crippen LogP contribution is -2.04. The van der Waals surface area contributed by atoms with Gasteiger partial charge in [-0.15, -0.1) is 0 Å².